The number of aliphatic hydroxyl groups excluding tert-OH is 1. The van der Waals surface area contributed by atoms with E-state index < -0.39 is 0 Å². The second-order valence-electron chi connectivity index (χ2n) is 6.58. The summed E-state index contributed by atoms with van der Waals surface area (Å²) < 4.78 is 1.58. The van der Waals surface area contributed by atoms with E-state index in [9.17, 15) is 14.7 Å². The van der Waals surface area contributed by atoms with Crippen LogP contribution < -0.4 is 11.0 Å². The minimum Gasteiger partial charge on any atom is -0.395 e. The largest absolute Gasteiger partial charge is 0.395 e. The van der Waals surface area contributed by atoms with Crippen LogP contribution in [-0.2, 0) is 30.6 Å². The third kappa shape index (κ3) is 5.20. The molecule has 144 valence electrons. The molecule has 1 aromatic heterocycles. The Morgan fingerprint density at radius 2 is 2.00 bits per heavy atom. The Morgan fingerprint density at radius 1 is 1.22 bits per heavy atom. The summed E-state index contributed by atoms with van der Waals surface area (Å²) in [6.45, 7) is 0.788. The van der Waals surface area contributed by atoms with Gasteiger partial charge < -0.3 is 10.4 Å². The Kier molecular flexibility index (Phi) is 7.06. The fourth-order valence-electron chi connectivity index (χ4n) is 3.37. The summed E-state index contributed by atoms with van der Waals surface area (Å²) in [7, 11) is 0. The second kappa shape index (κ2) is 9.71. The Bertz CT molecular complexity index is 836. The van der Waals surface area contributed by atoms with Crippen LogP contribution in [0.2, 0.25) is 0 Å². The maximum absolute atomic E-state index is 12.3. The maximum atomic E-state index is 12.3. The van der Waals surface area contributed by atoms with Gasteiger partial charge in [-0.25, -0.2) is 4.79 Å². The lowest BCUT2D eigenvalue weighted by atomic mass is 9.97. The molecule has 2 aromatic rings. The van der Waals surface area contributed by atoms with Crippen LogP contribution >= 0.6 is 11.8 Å². The number of thioether (sulfide) groups is 1. The van der Waals surface area contributed by atoms with Gasteiger partial charge in [0.15, 0.2) is 0 Å². The van der Waals surface area contributed by atoms with Gasteiger partial charge in [0, 0.05) is 17.8 Å². The minimum absolute atomic E-state index is 0.0539. The van der Waals surface area contributed by atoms with Crippen LogP contribution in [0.4, 0.5) is 0 Å². The standard InChI is InChI=1S/C20H25N3O3S/c24-13-12-23-17-9-5-4-8-16(17)19(22-20(23)26)27-14-18(25)21-11-10-15-6-2-1-3-7-15/h1-3,6-7,24H,4-5,8-14H2,(H,21,25). The van der Waals surface area contributed by atoms with Gasteiger partial charge >= 0.3 is 5.69 Å². The molecule has 1 heterocycles. The highest BCUT2D eigenvalue weighted by molar-refractivity contribution is 7.99. The Balaban J connectivity index is 1.59. The number of nitrogens with zero attached hydrogens (tertiary/aromatic N) is 2. The number of amides is 1. The van der Waals surface area contributed by atoms with Crippen LogP contribution in [0, 0.1) is 0 Å². The average Bonchev–Trinajstić information content (AvgIpc) is 2.69. The SMILES string of the molecule is O=C(CSc1nc(=O)n(CCO)c2c1CCCC2)NCCc1ccccc1. The molecule has 1 aliphatic carbocycles. The van der Waals surface area contributed by atoms with Gasteiger partial charge in [-0.05, 0) is 37.7 Å². The van der Waals surface area contributed by atoms with Gasteiger partial charge in [0.2, 0.25) is 5.91 Å². The number of aromatic nitrogens is 2. The molecule has 0 saturated carbocycles. The summed E-state index contributed by atoms with van der Waals surface area (Å²) in [4.78, 5) is 28.6. The molecule has 0 atom stereocenters. The monoisotopic (exact) mass is 387 g/mol. The third-order valence-electron chi connectivity index (χ3n) is 4.69. The zero-order valence-corrected chi connectivity index (χ0v) is 16.1. The van der Waals surface area contributed by atoms with Gasteiger partial charge in [-0.1, -0.05) is 42.1 Å². The van der Waals surface area contributed by atoms with E-state index in [1.165, 1.54) is 17.3 Å². The molecule has 3 rings (SSSR count). The molecule has 0 spiro atoms. The predicted octanol–water partition coefficient (Wildman–Crippen LogP) is 1.57. The normalized spacial score (nSPS) is 13.2. The molecule has 7 heteroatoms. The van der Waals surface area contributed by atoms with Crippen molar-refractivity contribution in [2.24, 2.45) is 0 Å². The molecule has 0 bridgehead atoms. The smallest absolute Gasteiger partial charge is 0.348 e. The van der Waals surface area contributed by atoms with Gasteiger partial charge in [-0.2, -0.15) is 4.98 Å². The summed E-state index contributed by atoms with van der Waals surface area (Å²) in [6, 6.07) is 10.0. The lowest BCUT2D eigenvalue weighted by Crippen LogP contribution is -2.32. The molecule has 1 aliphatic rings. The Labute approximate surface area is 163 Å². The second-order valence-corrected chi connectivity index (χ2v) is 7.55. The summed E-state index contributed by atoms with van der Waals surface area (Å²) >= 11 is 1.33. The van der Waals surface area contributed by atoms with E-state index in [0.29, 0.717) is 11.6 Å². The molecule has 6 nitrogen and oxygen atoms in total. The fraction of sp³-hybridized carbons (Fsp3) is 0.450. The van der Waals surface area contributed by atoms with Crippen molar-refractivity contribution in [2.45, 2.75) is 43.7 Å². The Morgan fingerprint density at radius 3 is 2.78 bits per heavy atom. The topological polar surface area (TPSA) is 84.2 Å². The lowest BCUT2D eigenvalue weighted by Gasteiger charge is -2.22. The van der Waals surface area contributed by atoms with Gasteiger partial charge in [0.05, 0.1) is 18.9 Å². The fourth-order valence-corrected chi connectivity index (χ4v) is 4.28. The van der Waals surface area contributed by atoms with Crippen LogP contribution in [0.1, 0.15) is 29.7 Å². The van der Waals surface area contributed by atoms with E-state index >= 15 is 0 Å². The van der Waals surface area contributed by atoms with E-state index in [2.05, 4.69) is 10.3 Å². The van der Waals surface area contributed by atoms with Gasteiger partial charge in [0.1, 0.15) is 5.03 Å². The molecule has 27 heavy (non-hydrogen) atoms. The highest BCUT2D eigenvalue weighted by Gasteiger charge is 2.20. The molecule has 0 aliphatic heterocycles. The zero-order valence-electron chi connectivity index (χ0n) is 15.3. The van der Waals surface area contributed by atoms with Gasteiger partial charge in [-0.15, -0.1) is 0 Å². The van der Waals surface area contributed by atoms with Crippen LogP contribution in [-0.4, -0.2) is 39.5 Å². The molecule has 0 unspecified atom stereocenters. The number of carbonyl (C=O) groups excluding carboxylic acids is 1. The van der Waals surface area contributed by atoms with E-state index in [0.717, 1.165) is 43.4 Å². The average molecular weight is 388 g/mol. The lowest BCUT2D eigenvalue weighted by molar-refractivity contribution is -0.118. The van der Waals surface area contributed by atoms with Gasteiger partial charge in [-0.3, -0.25) is 9.36 Å². The number of benzene rings is 1. The number of carbonyl (C=O) groups is 1. The van der Waals surface area contributed by atoms with E-state index in [1.54, 1.807) is 4.57 Å². The number of fused-ring (bicyclic) bond motifs is 1. The molecule has 0 radical (unpaired) electrons. The highest BCUT2D eigenvalue weighted by Crippen LogP contribution is 2.28. The van der Waals surface area contributed by atoms with Crippen molar-refractivity contribution in [3.05, 3.63) is 57.6 Å². The number of hydrogen-bond donors (Lipinski definition) is 2. The first-order valence-corrected chi connectivity index (χ1v) is 10.3. The molecule has 1 amide bonds. The van der Waals surface area contributed by atoms with Crippen molar-refractivity contribution < 1.29 is 9.90 Å². The number of nitrogens with one attached hydrogen (secondary N) is 1. The summed E-state index contributed by atoms with van der Waals surface area (Å²) in [5, 5.41) is 12.8. The molecular formula is C20H25N3O3S. The summed E-state index contributed by atoms with van der Waals surface area (Å²) in [5.74, 6) is 0.194. The van der Waals surface area contributed by atoms with E-state index in [4.69, 9.17) is 0 Å². The summed E-state index contributed by atoms with van der Waals surface area (Å²) in [5.41, 5.74) is 2.89. The first kappa shape index (κ1) is 19.6. The van der Waals surface area contributed by atoms with Crippen LogP contribution in [0.3, 0.4) is 0 Å². The number of rotatable bonds is 8. The predicted molar refractivity (Wildman–Crippen MR) is 106 cm³/mol. The molecule has 2 N–H and O–H groups in total. The third-order valence-corrected chi connectivity index (χ3v) is 5.71. The van der Waals surface area contributed by atoms with Crippen molar-refractivity contribution in [1.82, 2.24) is 14.9 Å². The van der Waals surface area contributed by atoms with Crippen molar-refractivity contribution in [3.8, 4) is 0 Å². The van der Waals surface area contributed by atoms with Crippen molar-refractivity contribution >= 4 is 17.7 Å². The van der Waals surface area contributed by atoms with Crippen LogP contribution in [0.15, 0.2) is 40.2 Å². The molecule has 0 saturated heterocycles. The van der Waals surface area contributed by atoms with Crippen molar-refractivity contribution in [2.75, 3.05) is 18.9 Å². The number of hydrogen-bond acceptors (Lipinski definition) is 5. The van der Waals surface area contributed by atoms with Crippen molar-refractivity contribution in [1.29, 1.82) is 0 Å². The van der Waals surface area contributed by atoms with Crippen LogP contribution in [0.5, 0.6) is 0 Å². The number of aliphatic hydroxyl groups is 1. The summed E-state index contributed by atoms with van der Waals surface area (Å²) in [6.07, 6.45) is 4.58. The van der Waals surface area contributed by atoms with E-state index in [-0.39, 0.29) is 30.5 Å². The van der Waals surface area contributed by atoms with Crippen LogP contribution in [0.25, 0.3) is 0 Å². The molecule has 1 aromatic carbocycles. The highest BCUT2D eigenvalue weighted by atomic mass is 32.2. The first-order valence-electron chi connectivity index (χ1n) is 9.36. The zero-order chi connectivity index (χ0) is 19.1. The minimum atomic E-state index is -0.336. The quantitative estimate of drug-likeness (QED) is 0.531. The van der Waals surface area contributed by atoms with Crippen molar-refractivity contribution in [3.63, 3.8) is 0 Å². The van der Waals surface area contributed by atoms with E-state index in [1.807, 2.05) is 30.3 Å². The maximum Gasteiger partial charge on any atom is 0.348 e. The first-order chi connectivity index (χ1) is 13.2. The van der Waals surface area contributed by atoms with Gasteiger partial charge in [0.25, 0.3) is 0 Å². The molecular weight excluding hydrogens is 362 g/mol. The Hall–Kier alpha value is -2.12. The molecule has 0 fully saturated rings.